The van der Waals surface area contributed by atoms with Gasteiger partial charge in [0.25, 0.3) is 0 Å². The van der Waals surface area contributed by atoms with E-state index in [1.54, 1.807) is 6.92 Å². The molecule has 0 aliphatic carbocycles. The summed E-state index contributed by atoms with van der Waals surface area (Å²) in [5, 5.41) is 0. The van der Waals surface area contributed by atoms with Crippen LogP contribution in [0.2, 0.25) is 0 Å². The largest absolute Gasteiger partial charge is 0.322 e. The number of carbonyl (C=O) groups excluding carboxylic acids is 1. The monoisotopic (exact) mass is 185 g/mol. The fourth-order valence-electron chi connectivity index (χ4n) is 1.35. The summed E-state index contributed by atoms with van der Waals surface area (Å²) in [5.74, 6) is 0.119. The number of rotatable bonds is 8. The minimum Gasteiger partial charge on any atom is -0.322 e. The lowest BCUT2D eigenvalue weighted by atomic mass is 10.0. The second kappa shape index (κ2) is 8.24. The third kappa shape index (κ3) is 7.97. The highest BCUT2D eigenvalue weighted by Gasteiger charge is 2.06. The average molecular weight is 185 g/mol. The van der Waals surface area contributed by atoms with Gasteiger partial charge in [0.15, 0.2) is 0 Å². The van der Waals surface area contributed by atoms with Crippen molar-refractivity contribution >= 4 is 5.78 Å². The third-order valence-electron chi connectivity index (χ3n) is 2.39. The van der Waals surface area contributed by atoms with Crippen LogP contribution in [0.1, 0.15) is 58.8 Å². The Bertz CT molecular complexity index is 134. The van der Waals surface area contributed by atoms with Crippen LogP contribution in [-0.2, 0) is 4.79 Å². The zero-order valence-electron chi connectivity index (χ0n) is 9.01. The first-order valence-electron chi connectivity index (χ1n) is 5.44. The number of hydrogen-bond acceptors (Lipinski definition) is 2. The Hall–Kier alpha value is -0.370. The van der Waals surface area contributed by atoms with Crippen LogP contribution < -0.4 is 5.73 Å². The van der Waals surface area contributed by atoms with Crippen molar-refractivity contribution in [3.05, 3.63) is 0 Å². The van der Waals surface area contributed by atoms with Crippen LogP contribution in [0, 0.1) is 0 Å². The summed E-state index contributed by atoms with van der Waals surface area (Å²) in [4.78, 5) is 10.8. The lowest BCUT2D eigenvalue weighted by Crippen LogP contribution is -2.27. The summed E-state index contributed by atoms with van der Waals surface area (Å²) < 4.78 is 0. The average Bonchev–Trinajstić information content (AvgIpc) is 2.10. The molecule has 0 radical (unpaired) electrons. The molecule has 0 heterocycles. The highest BCUT2D eigenvalue weighted by Crippen LogP contribution is 2.07. The summed E-state index contributed by atoms with van der Waals surface area (Å²) >= 11 is 0. The van der Waals surface area contributed by atoms with E-state index in [1.807, 2.05) is 0 Å². The van der Waals surface area contributed by atoms with Crippen LogP contribution in [0.25, 0.3) is 0 Å². The van der Waals surface area contributed by atoms with Gasteiger partial charge in [0.1, 0.15) is 5.78 Å². The molecular formula is C11H23NO. The van der Waals surface area contributed by atoms with Gasteiger partial charge < -0.3 is 5.73 Å². The first-order valence-corrected chi connectivity index (χ1v) is 5.44. The first-order chi connectivity index (χ1) is 6.18. The summed E-state index contributed by atoms with van der Waals surface area (Å²) in [5.41, 5.74) is 5.61. The number of hydrogen-bond donors (Lipinski definition) is 1. The van der Waals surface area contributed by atoms with Crippen molar-refractivity contribution in [1.29, 1.82) is 0 Å². The molecule has 2 nitrogen and oxygen atoms in total. The van der Waals surface area contributed by atoms with E-state index in [0.29, 0.717) is 0 Å². The van der Waals surface area contributed by atoms with Crippen LogP contribution >= 0.6 is 0 Å². The van der Waals surface area contributed by atoms with Crippen molar-refractivity contribution in [3.63, 3.8) is 0 Å². The first kappa shape index (κ1) is 12.6. The molecule has 0 aromatic carbocycles. The summed E-state index contributed by atoms with van der Waals surface area (Å²) in [6, 6.07) is -0.217. The van der Waals surface area contributed by atoms with Crippen LogP contribution in [0.15, 0.2) is 0 Å². The van der Waals surface area contributed by atoms with E-state index in [9.17, 15) is 4.79 Å². The smallest absolute Gasteiger partial charge is 0.146 e. The van der Waals surface area contributed by atoms with Gasteiger partial charge >= 0.3 is 0 Å². The van der Waals surface area contributed by atoms with E-state index in [1.165, 1.54) is 32.1 Å². The Morgan fingerprint density at radius 2 is 1.69 bits per heavy atom. The molecule has 0 aromatic rings. The summed E-state index contributed by atoms with van der Waals surface area (Å²) in [6.07, 6.45) is 8.42. The van der Waals surface area contributed by atoms with Crippen LogP contribution in [-0.4, -0.2) is 11.8 Å². The normalized spacial score (nSPS) is 12.8. The van der Waals surface area contributed by atoms with Gasteiger partial charge in [0, 0.05) is 0 Å². The molecule has 0 aliphatic heterocycles. The van der Waals surface area contributed by atoms with Crippen molar-refractivity contribution < 1.29 is 4.79 Å². The van der Waals surface area contributed by atoms with Gasteiger partial charge in [-0.2, -0.15) is 0 Å². The molecule has 0 amide bonds. The maximum Gasteiger partial charge on any atom is 0.146 e. The number of Topliss-reactive ketones (excluding diaryl/α,β-unsaturated/α-hetero) is 1. The quantitative estimate of drug-likeness (QED) is 0.591. The van der Waals surface area contributed by atoms with E-state index >= 15 is 0 Å². The van der Waals surface area contributed by atoms with Crippen molar-refractivity contribution in [2.24, 2.45) is 5.73 Å². The molecule has 2 N–H and O–H groups in total. The standard InChI is InChI=1S/C11H23NO/c1-3-4-5-6-7-8-9-11(12)10(2)13/h11H,3-9,12H2,1-2H3/t11-/m0/s1. The molecule has 0 saturated heterocycles. The zero-order valence-corrected chi connectivity index (χ0v) is 9.01. The van der Waals surface area contributed by atoms with E-state index in [2.05, 4.69) is 6.92 Å². The SMILES string of the molecule is CCCCCCCC[C@H](N)C(C)=O. The molecule has 1 atom stereocenters. The van der Waals surface area contributed by atoms with Crippen molar-refractivity contribution in [3.8, 4) is 0 Å². The predicted octanol–water partition coefficient (Wildman–Crippen LogP) is 2.65. The molecule has 0 unspecified atom stereocenters. The van der Waals surface area contributed by atoms with Gasteiger partial charge in [-0.25, -0.2) is 0 Å². The minimum absolute atomic E-state index is 0.119. The van der Waals surface area contributed by atoms with Crippen LogP contribution in [0.5, 0.6) is 0 Å². The lowest BCUT2D eigenvalue weighted by Gasteiger charge is -2.06. The molecule has 0 spiro atoms. The fourth-order valence-corrected chi connectivity index (χ4v) is 1.35. The van der Waals surface area contributed by atoms with Gasteiger partial charge in [0.05, 0.1) is 6.04 Å². The van der Waals surface area contributed by atoms with E-state index in [4.69, 9.17) is 5.73 Å². The molecule has 0 aromatic heterocycles. The van der Waals surface area contributed by atoms with E-state index < -0.39 is 0 Å². The van der Waals surface area contributed by atoms with Gasteiger partial charge in [-0.3, -0.25) is 4.79 Å². The van der Waals surface area contributed by atoms with Crippen molar-refractivity contribution in [2.75, 3.05) is 0 Å². The van der Waals surface area contributed by atoms with Crippen LogP contribution in [0.3, 0.4) is 0 Å². The summed E-state index contributed by atoms with van der Waals surface area (Å²) in [7, 11) is 0. The van der Waals surface area contributed by atoms with Gasteiger partial charge in [-0.1, -0.05) is 45.4 Å². The molecule has 0 saturated carbocycles. The molecule has 0 bridgehead atoms. The third-order valence-corrected chi connectivity index (χ3v) is 2.39. The summed E-state index contributed by atoms with van der Waals surface area (Å²) in [6.45, 7) is 3.79. The Labute approximate surface area is 81.9 Å². The minimum atomic E-state index is -0.217. The lowest BCUT2D eigenvalue weighted by molar-refractivity contribution is -0.118. The Morgan fingerprint density at radius 1 is 1.15 bits per heavy atom. The maximum atomic E-state index is 10.8. The van der Waals surface area contributed by atoms with Gasteiger partial charge in [-0.05, 0) is 13.3 Å². The number of carbonyl (C=O) groups is 1. The molecule has 0 aliphatic rings. The second-order valence-corrected chi connectivity index (χ2v) is 3.77. The molecule has 2 heteroatoms. The van der Waals surface area contributed by atoms with Crippen molar-refractivity contribution in [2.45, 2.75) is 64.8 Å². The Kier molecular flexibility index (Phi) is 8.00. The number of nitrogens with two attached hydrogens (primary N) is 1. The molecular weight excluding hydrogens is 162 g/mol. The molecule has 0 fully saturated rings. The second-order valence-electron chi connectivity index (χ2n) is 3.77. The van der Waals surface area contributed by atoms with Gasteiger partial charge in [0.2, 0.25) is 0 Å². The predicted molar refractivity (Wildman–Crippen MR) is 56.6 cm³/mol. The molecule has 0 rings (SSSR count). The number of unbranched alkanes of at least 4 members (excludes halogenated alkanes) is 5. The zero-order chi connectivity index (χ0) is 10.1. The fraction of sp³-hybridized carbons (Fsp3) is 0.909. The number of ketones is 1. The van der Waals surface area contributed by atoms with Gasteiger partial charge in [-0.15, -0.1) is 0 Å². The Balaban J connectivity index is 3.11. The highest BCUT2D eigenvalue weighted by molar-refractivity contribution is 5.80. The molecule has 78 valence electrons. The maximum absolute atomic E-state index is 10.8. The van der Waals surface area contributed by atoms with Crippen LogP contribution in [0.4, 0.5) is 0 Å². The highest BCUT2D eigenvalue weighted by atomic mass is 16.1. The van der Waals surface area contributed by atoms with Crippen molar-refractivity contribution in [1.82, 2.24) is 0 Å². The Morgan fingerprint density at radius 3 is 2.23 bits per heavy atom. The van der Waals surface area contributed by atoms with E-state index in [0.717, 1.165) is 12.8 Å². The topological polar surface area (TPSA) is 43.1 Å². The molecule has 13 heavy (non-hydrogen) atoms. The van der Waals surface area contributed by atoms with E-state index in [-0.39, 0.29) is 11.8 Å².